The van der Waals surface area contributed by atoms with E-state index in [2.05, 4.69) is 49.5 Å². The van der Waals surface area contributed by atoms with E-state index in [-0.39, 0.29) is 5.56 Å². The normalized spacial score (nSPS) is 17.9. The van der Waals surface area contributed by atoms with Crippen molar-refractivity contribution >= 4 is 0 Å². The van der Waals surface area contributed by atoms with Crippen molar-refractivity contribution in [2.24, 2.45) is 11.8 Å². The lowest BCUT2D eigenvalue weighted by atomic mass is 9.98. The molecule has 5 heteroatoms. The molecule has 0 saturated heterocycles. The predicted octanol–water partition coefficient (Wildman–Crippen LogP) is 5.51. The van der Waals surface area contributed by atoms with Gasteiger partial charge < -0.3 is 9.30 Å². The molecular weight excluding hydrogens is 386 g/mol. The van der Waals surface area contributed by atoms with Gasteiger partial charge in [-0.25, -0.2) is 4.98 Å². The lowest BCUT2D eigenvalue weighted by Gasteiger charge is -2.12. The molecule has 31 heavy (non-hydrogen) atoms. The Morgan fingerprint density at radius 1 is 1.32 bits per heavy atom. The molecule has 1 aliphatic rings. The molecule has 1 saturated carbocycles. The average Bonchev–Trinajstić information content (AvgIpc) is 3.51. The molecule has 164 valence electrons. The minimum absolute atomic E-state index is 0.0408. The van der Waals surface area contributed by atoms with Crippen molar-refractivity contribution in [2.45, 2.75) is 54.0 Å². The molecule has 0 spiro atoms. The topological polar surface area (TPSA) is 57.0 Å². The molecule has 2 aromatic rings. The zero-order valence-electron chi connectivity index (χ0n) is 19.3. The second-order valence-corrected chi connectivity index (χ2v) is 8.41. The van der Waals surface area contributed by atoms with Gasteiger partial charge in [0.25, 0.3) is 5.56 Å². The fourth-order valence-corrected chi connectivity index (χ4v) is 3.66. The highest BCUT2D eigenvalue weighted by Gasteiger charge is 2.40. The van der Waals surface area contributed by atoms with Crippen molar-refractivity contribution in [3.63, 3.8) is 0 Å². The predicted molar refractivity (Wildman–Crippen MR) is 126 cm³/mol. The summed E-state index contributed by atoms with van der Waals surface area (Å²) in [6, 6.07) is 3.53. The van der Waals surface area contributed by atoms with E-state index in [4.69, 9.17) is 4.74 Å². The first-order valence-corrected chi connectivity index (χ1v) is 11.0. The average molecular weight is 420 g/mol. The van der Waals surface area contributed by atoms with E-state index in [1.807, 2.05) is 19.9 Å². The van der Waals surface area contributed by atoms with Gasteiger partial charge in [-0.15, -0.1) is 0 Å². The second-order valence-electron chi connectivity index (χ2n) is 8.41. The maximum Gasteiger partial charge on any atom is 0.251 e. The van der Waals surface area contributed by atoms with Gasteiger partial charge in [-0.05, 0) is 63.7 Å². The third-order valence-corrected chi connectivity index (χ3v) is 5.71. The summed E-state index contributed by atoms with van der Waals surface area (Å²) in [6.07, 6.45) is 9.96. The Balaban J connectivity index is 1.77. The number of pyridine rings is 1. The van der Waals surface area contributed by atoms with Gasteiger partial charge in [0.05, 0.1) is 12.2 Å². The fraction of sp³-hybridized carbons (Fsp3) is 0.423. The molecule has 2 aromatic heterocycles. The summed E-state index contributed by atoms with van der Waals surface area (Å²) in [7, 11) is 0. The van der Waals surface area contributed by atoms with E-state index < -0.39 is 0 Å². The number of allylic oxidation sites excluding steroid dienone is 5. The molecule has 0 aromatic carbocycles. The van der Waals surface area contributed by atoms with E-state index in [1.54, 1.807) is 23.0 Å². The zero-order chi connectivity index (χ0) is 22.5. The van der Waals surface area contributed by atoms with Gasteiger partial charge in [-0.3, -0.25) is 4.79 Å². The first-order chi connectivity index (χ1) is 14.8. The Kier molecular flexibility index (Phi) is 7.26. The molecule has 1 aliphatic carbocycles. The molecule has 0 amide bonds. The van der Waals surface area contributed by atoms with Crippen LogP contribution in [0, 0.1) is 18.8 Å². The van der Waals surface area contributed by atoms with Crippen molar-refractivity contribution in [3.05, 3.63) is 76.2 Å². The van der Waals surface area contributed by atoms with Crippen molar-refractivity contribution < 1.29 is 4.74 Å². The van der Waals surface area contributed by atoms with Gasteiger partial charge in [0.1, 0.15) is 5.82 Å². The van der Waals surface area contributed by atoms with Crippen LogP contribution in [0.2, 0.25) is 0 Å². The molecule has 5 nitrogen and oxygen atoms in total. The van der Waals surface area contributed by atoms with E-state index in [0.29, 0.717) is 36.7 Å². The largest absolute Gasteiger partial charge is 0.477 e. The van der Waals surface area contributed by atoms with Crippen LogP contribution in [-0.4, -0.2) is 21.1 Å². The summed E-state index contributed by atoms with van der Waals surface area (Å²) < 4.78 is 7.84. The number of hydrogen-bond donors (Lipinski definition) is 0. The molecule has 1 fully saturated rings. The van der Waals surface area contributed by atoms with Crippen molar-refractivity contribution in [1.82, 2.24) is 14.5 Å². The van der Waals surface area contributed by atoms with Gasteiger partial charge in [-0.1, -0.05) is 36.8 Å². The van der Waals surface area contributed by atoms with Crippen LogP contribution in [0.3, 0.4) is 0 Å². The Morgan fingerprint density at radius 3 is 2.74 bits per heavy atom. The van der Waals surface area contributed by atoms with Crippen LogP contribution < -0.4 is 10.3 Å². The van der Waals surface area contributed by atoms with Crippen LogP contribution in [0.25, 0.3) is 11.1 Å². The fourth-order valence-electron chi connectivity index (χ4n) is 3.66. The van der Waals surface area contributed by atoms with E-state index in [1.165, 1.54) is 16.7 Å². The minimum atomic E-state index is -0.0408. The van der Waals surface area contributed by atoms with E-state index in [0.717, 1.165) is 24.0 Å². The number of aromatic nitrogens is 3. The summed E-state index contributed by atoms with van der Waals surface area (Å²) in [6.45, 7) is 15.6. The molecule has 2 atom stereocenters. The van der Waals surface area contributed by atoms with Crippen molar-refractivity contribution in [3.8, 4) is 17.0 Å². The van der Waals surface area contributed by atoms with Gasteiger partial charge in [0.15, 0.2) is 0 Å². The standard InChI is InChI=1S/C26H33N3O2/c1-7-18(5)22(10-9-17(3)4)23-13-21(23)16-31-26-24(15-27-19(6)28-26)20-11-12-29(8-2)25(30)14-20/h9-12,14-15,21,23H,5,7-8,13,16H2,1-4,6H3. The van der Waals surface area contributed by atoms with Gasteiger partial charge in [-0.2, -0.15) is 4.98 Å². The van der Waals surface area contributed by atoms with Gasteiger partial charge in [0.2, 0.25) is 5.88 Å². The molecule has 3 rings (SSSR count). The Bertz CT molecular complexity index is 1070. The Labute approximate surface area is 185 Å². The quantitative estimate of drug-likeness (QED) is 0.503. The van der Waals surface area contributed by atoms with Crippen LogP contribution in [-0.2, 0) is 6.54 Å². The zero-order valence-corrected chi connectivity index (χ0v) is 19.3. The highest BCUT2D eigenvalue weighted by atomic mass is 16.5. The lowest BCUT2D eigenvalue weighted by molar-refractivity contribution is 0.284. The Morgan fingerprint density at radius 2 is 2.10 bits per heavy atom. The smallest absolute Gasteiger partial charge is 0.251 e. The first kappa shape index (κ1) is 22.7. The third-order valence-electron chi connectivity index (χ3n) is 5.71. The van der Waals surface area contributed by atoms with E-state index >= 15 is 0 Å². The van der Waals surface area contributed by atoms with Crippen LogP contribution in [0.5, 0.6) is 5.88 Å². The molecule has 0 radical (unpaired) electrons. The summed E-state index contributed by atoms with van der Waals surface area (Å²) in [5.74, 6) is 2.10. The number of nitrogens with zero attached hydrogens (tertiary/aromatic N) is 3. The van der Waals surface area contributed by atoms with Crippen molar-refractivity contribution in [1.29, 1.82) is 0 Å². The van der Waals surface area contributed by atoms with Crippen LogP contribution >= 0.6 is 0 Å². The minimum Gasteiger partial charge on any atom is -0.477 e. The SMILES string of the molecule is C=C(CC)C(=CC=C(C)C)C1CC1COc1nc(C)ncc1-c1ccn(CC)c(=O)c1. The number of rotatable bonds is 9. The summed E-state index contributed by atoms with van der Waals surface area (Å²) >= 11 is 0. The first-order valence-electron chi connectivity index (χ1n) is 11.0. The third kappa shape index (κ3) is 5.60. The highest BCUT2D eigenvalue weighted by molar-refractivity contribution is 5.67. The number of hydrogen-bond acceptors (Lipinski definition) is 4. The number of aryl methyl sites for hydroxylation is 2. The van der Waals surface area contributed by atoms with Gasteiger partial charge >= 0.3 is 0 Å². The maximum atomic E-state index is 12.3. The number of ether oxygens (including phenoxy) is 1. The molecule has 2 heterocycles. The van der Waals surface area contributed by atoms with Crippen molar-refractivity contribution in [2.75, 3.05) is 6.61 Å². The summed E-state index contributed by atoms with van der Waals surface area (Å²) in [5.41, 5.74) is 5.29. The Hall–Kier alpha value is -2.95. The summed E-state index contributed by atoms with van der Waals surface area (Å²) in [4.78, 5) is 21.1. The monoisotopic (exact) mass is 419 g/mol. The molecule has 2 unspecified atom stereocenters. The molecule has 0 N–H and O–H groups in total. The van der Waals surface area contributed by atoms with E-state index in [9.17, 15) is 4.79 Å². The van der Waals surface area contributed by atoms with Crippen LogP contribution in [0.15, 0.2) is 64.8 Å². The lowest BCUT2D eigenvalue weighted by Crippen LogP contribution is -2.17. The second kappa shape index (κ2) is 9.90. The molecule has 0 aliphatic heterocycles. The maximum absolute atomic E-state index is 12.3. The highest BCUT2D eigenvalue weighted by Crippen LogP contribution is 2.47. The molecule has 0 bridgehead atoms. The van der Waals surface area contributed by atoms with Crippen LogP contribution in [0.4, 0.5) is 0 Å². The summed E-state index contributed by atoms with van der Waals surface area (Å²) in [5, 5.41) is 0. The van der Waals surface area contributed by atoms with Crippen LogP contribution in [0.1, 0.15) is 46.4 Å². The molecular formula is C26H33N3O2. The van der Waals surface area contributed by atoms with Gasteiger partial charge in [0, 0.05) is 30.9 Å².